The zero-order chi connectivity index (χ0) is 12.3. The molecule has 1 aromatic heterocycles. The second-order valence-corrected chi connectivity index (χ2v) is 4.18. The lowest BCUT2D eigenvalue weighted by atomic mass is 9.96. The third kappa shape index (κ3) is 2.85. The van der Waals surface area contributed by atoms with Crippen LogP contribution in [0.15, 0.2) is 42.6 Å². The molecule has 4 nitrogen and oxygen atoms in total. The first-order chi connectivity index (χ1) is 8.16. The van der Waals surface area contributed by atoms with Crippen molar-refractivity contribution < 1.29 is 4.92 Å². The number of rotatable bonds is 4. The number of nitrogens with zero attached hydrogens (tertiary/aromatic N) is 1. The van der Waals surface area contributed by atoms with E-state index in [0.717, 1.165) is 11.3 Å². The van der Waals surface area contributed by atoms with Crippen molar-refractivity contribution in [3.8, 4) is 0 Å². The number of hydrogen-bond acceptors (Lipinski definition) is 2. The van der Waals surface area contributed by atoms with Crippen molar-refractivity contribution in [2.75, 3.05) is 6.54 Å². The average molecular weight is 251 g/mol. The highest BCUT2D eigenvalue weighted by Crippen LogP contribution is 2.24. The summed E-state index contributed by atoms with van der Waals surface area (Å²) in [6.07, 6.45) is 1.76. The Morgan fingerprint density at radius 1 is 1.29 bits per heavy atom. The summed E-state index contributed by atoms with van der Waals surface area (Å²) >= 11 is 5.81. The van der Waals surface area contributed by atoms with Crippen LogP contribution in [0, 0.1) is 10.1 Å². The van der Waals surface area contributed by atoms with Crippen molar-refractivity contribution in [2.24, 2.45) is 0 Å². The number of H-pyrrole nitrogens is 1. The fraction of sp³-hybridized carbons (Fsp3) is 0.167. The van der Waals surface area contributed by atoms with Gasteiger partial charge in [0.1, 0.15) is 0 Å². The Kier molecular flexibility index (Phi) is 3.44. The summed E-state index contributed by atoms with van der Waals surface area (Å²) in [5.41, 5.74) is 1.72. The largest absolute Gasteiger partial charge is 0.364 e. The highest BCUT2D eigenvalue weighted by Gasteiger charge is 2.20. The molecule has 0 aliphatic rings. The second-order valence-electron chi connectivity index (χ2n) is 3.74. The molecule has 0 saturated carbocycles. The van der Waals surface area contributed by atoms with Crippen LogP contribution in [-0.4, -0.2) is 16.5 Å². The first-order valence-corrected chi connectivity index (χ1v) is 5.55. The molecular weight excluding hydrogens is 240 g/mol. The van der Waals surface area contributed by atoms with E-state index in [4.69, 9.17) is 11.6 Å². The molecule has 0 saturated heterocycles. The van der Waals surface area contributed by atoms with Gasteiger partial charge in [0, 0.05) is 21.8 Å². The predicted octanol–water partition coefficient (Wildman–Crippen LogP) is 3.08. The van der Waals surface area contributed by atoms with Gasteiger partial charge in [0.15, 0.2) is 0 Å². The van der Waals surface area contributed by atoms with E-state index in [-0.39, 0.29) is 17.4 Å². The average Bonchev–Trinajstić information content (AvgIpc) is 2.80. The number of benzene rings is 1. The van der Waals surface area contributed by atoms with Crippen LogP contribution < -0.4 is 0 Å². The van der Waals surface area contributed by atoms with E-state index in [0.29, 0.717) is 5.02 Å². The van der Waals surface area contributed by atoms with E-state index in [1.165, 1.54) is 0 Å². The Balaban J connectivity index is 2.33. The molecule has 0 fully saturated rings. The van der Waals surface area contributed by atoms with Crippen molar-refractivity contribution in [1.82, 2.24) is 4.98 Å². The molecule has 1 atom stereocenters. The van der Waals surface area contributed by atoms with E-state index in [2.05, 4.69) is 4.98 Å². The van der Waals surface area contributed by atoms with Crippen molar-refractivity contribution >= 4 is 11.6 Å². The lowest BCUT2D eigenvalue weighted by Gasteiger charge is -2.11. The van der Waals surface area contributed by atoms with Crippen LogP contribution in [0.25, 0.3) is 0 Å². The normalized spacial score (nSPS) is 12.3. The third-order valence-corrected chi connectivity index (χ3v) is 2.85. The standard InChI is InChI=1S/C12H11ClN2O2/c13-10-5-3-9(4-6-10)11(8-15(16)17)12-2-1-7-14-12/h1-7,11,14H,8H2/t11-/m0/s1. The lowest BCUT2D eigenvalue weighted by molar-refractivity contribution is -0.481. The minimum Gasteiger partial charge on any atom is -0.364 e. The zero-order valence-electron chi connectivity index (χ0n) is 8.97. The molecule has 0 unspecified atom stereocenters. The molecule has 0 amide bonds. The molecule has 1 heterocycles. The molecular formula is C12H11ClN2O2. The summed E-state index contributed by atoms with van der Waals surface area (Å²) in [4.78, 5) is 13.4. The molecule has 0 radical (unpaired) electrons. The lowest BCUT2D eigenvalue weighted by Crippen LogP contribution is -2.14. The van der Waals surface area contributed by atoms with E-state index in [1.807, 2.05) is 24.3 Å². The van der Waals surface area contributed by atoms with Crippen LogP contribution in [0.2, 0.25) is 5.02 Å². The van der Waals surface area contributed by atoms with Gasteiger partial charge in [-0.05, 0) is 29.8 Å². The summed E-state index contributed by atoms with van der Waals surface area (Å²) in [7, 11) is 0. The summed E-state index contributed by atoms with van der Waals surface area (Å²) in [5, 5.41) is 11.3. The van der Waals surface area contributed by atoms with Gasteiger partial charge in [-0.1, -0.05) is 23.7 Å². The van der Waals surface area contributed by atoms with Crippen LogP contribution in [0.1, 0.15) is 17.2 Å². The highest BCUT2D eigenvalue weighted by atomic mass is 35.5. The minimum atomic E-state index is -0.305. The molecule has 0 bridgehead atoms. The highest BCUT2D eigenvalue weighted by molar-refractivity contribution is 6.30. The van der Waals surface area contributed by atoms with E-state index in [1.54, 1.807) is 18.3 Å². The van der Waals surface area contributed by atoms with Crippen molar-refractivity contribution in [3.63, 3.8) is 0 Å². The molecule has 1 N–H and O–H groups in total. The third-order valence-electron chi connectivity index (χ3n) is 2.60. The first kappa shape index (κ1) is 11.7. The number of halogens is 1. The molecule has 5 heteroatoms. The van der Waals surface area contributed by atoms with Gasteiger partial charge < -0.3 is 4.98 Å². The molecule has 0 aliphatic carbocycles. The number of nitro groups is 1. The van der Waals surface area contributed by atoms with Gasteiger partial charge in [-0.3, -0.25) is 10.1 Å². The molecule has 17 heavy (non-hydrogen) atoms. The minimum absolute atomic E-state index is 0.137. The smallest absolute Gasteiger partial charge is 0.216 e. The van der Waals surface area contributed by atoms with Gasteiger partial charge in [-0.2, -0.15) is 0 Å². The van der Waals surface area contributed by atoms with E-state index < -0.39 is 0 Å². The van der Waals surface area contributed by atoms with Gasteiger partial charge in [0.25, 0.3) is 0 Å². The van der Waals surface area contributed by atoms with Gasteiger partial charge >= 0.3 is 0 Å². The Hall–Kier alpha value is -1.81. The van der Waals surface area contributed by atoms with Gasteiger partial charge in [-0.25, -0.2) is 0 Å². The number of aromatic nitrogens is 1. The second kappa shape index (κ2) is 5.01. The summed E-state index contributed by atoms with van der Waals surface area (Å²) in [6.45, 7) is -0.137. The molecule has 88 valence electrons. The maximum absolute atomic E-state index is 10.7. The summed E-state index contributed by atoms with van der Waals surface area (Å²) < 4.78 is 0. The summed E-state index contributed by atoms with van der Waals surface area (Å²) in [5.74, 6) is -0.266. The van der Waals surface area contributed by atoms with Crippen LogP contribution in [-0.2, 0) is 0 Å². The van der Waals surface area contributed by atoms with Crippen LogP contribution in [0.3, 0.4) is 0 Å². The van der Waals surface area contributed by atoms with Crippen LogP contribution in [0.4, 0.5) is 0 Å². The zero-order valence-corrected chi connectivity index (χ0v) is 9.72. The fourth-order valence-electron chi connectivity index (χ4n) is 1.79. The van der Waals surface area contributed by atoms with Gasteiger partial charge in [0.2, 0.25) is 6.54 Å². The Bertz CT molecular complexity index is 494. The molecule has 1 aromatic carbocycles. The molecule has 0 spiro atoms. The number of hydrogen-bond donors (Lipinski definition) is 1. The molecule has 2 aromatic rings. The van der Waals surface area contributed by atoms with Crippen LogP contribution >= 0.6 is 11.6 Å². The molecule has 0 aliphatic heterocycles. The maximum Gasteiger partial charge on any atom is 0.216 e. The Morgan fingerprint density at radius 2 is 2.00 bits per heavy atom. The monoisotopic (exact) mass is 250 g/mol. The predicted molar refractivity (Wildman–Crippen MR) is 65.9 cm³/mol. The van der Waals surface area contributed by atoms with Crippen LogP contribution in [0.5, 0.6) is 0 Å². The van der Waals surface area contributed by atoms with Gasteiger partial charge in [-0.15, -0.1) is 0 Å². The number of nitrogens with one attached hydrogen (secondary N) is 1. The van der Waals surface area contributed by atoms with Gasteiger partial charge in [0.05, 0.1) is 5.92 Å². The van der Waals surface area contributed by atoms with E-state index >= 15 is 0 Å². The maximum atomic E-state index is 10.7. The molecule has 2 rings (SSSR count). The topological polar surface area (TPSA) is 58.9 Å². The Labute approximate surface area is 103 Å². The van der Waals surface area contributed by atoms with Crippen molar-refractivity contribution in [3.05, 3.63) is 69.0 Å². The van der Waals surface area contributed by atoms with Crippen molar-refractivity contribution in [1.29, 1.82) is 0 Å². The quantitative estimate of drug-likeness (QED) is 0.670. The van der Waals surface area contributed by atoms with E-state index in [9.17, 15) is 10.1 Å². The SMILES string of the molecule is O=[N+]([O-])C[C@@H](c1ccc(Cl)cc1)c1ccc[nH]1. The fourth-order valence-corrected chi connectivity index (χ4v) is 1.91. The first-order valence-electron chi connectivity index (χ1n) is 5.17. The number of aromatic amines is 1. The van der Waals surface area contributed by atoms with Crippen molar-refractivity contribution in [2.45, 2.75) is 5.92 Å². The summed E-state index contributed by atoms with van der Waals surface area (Å²) in [6, 6.07) is 10.8. The Morgan fingerprint density at radius 3 is 2.53 bits per heavy atom.